The molecule has 12 heteroatoms. The molecule has 0 aliphatic heterocycles. The molecule has 34 heavy (non-hydrogen) atoms. The SMILES string of the molecule is COC(=O)C(Oc1ccc2c(c1O)C(=O)c1ccccc1C2=O)C(C(=O)OC)P(=O)(OC)OC. The van der Waals surface area contributed by atoms with E-state index < -0.39 is 54.4 Å². The van der Waals surface area contributed by atoms with Crippen LogP contribution in [-0.2, 0) is 32.7 Å². The first-order chi connectivity index (χ1) is 16.1. The summed E-state index contributed by atoms with van der Waals surface area (Å²) >= 11 is 0. The lowest BCUT2D eigenvalue weighted by atomic mass is 9.83. The predicted molar refractivity (Wildman–Crippen MR) is 115 cm³/mol. The number of benzene rings is 2. The van der Waals surface area contributed by atoms with Gasteiger partial charge in [0.15, 0.2) is 23.1 Å². The van der Waals surface area contributed by atoms with Crippen LogP contribution < -0.4 is 4.74 Å². The summed E-state index contributed by atoms with van der Waals surface area (Å²) in [7, 11) is -0.372. The van der Waals surface area contributed by atoms with E-state index in [-0.39, 0.29) is 22.3 Å². The zero-order valence-corrected chi connectivity index (χ0v) is 19.5. The van der Waals surface area contributed by atoms with Crippen molar-refractivity contribution in [3.05, 3.63) is 58.7 Å². The van der Waals surface area contributed by atoms with E-state index in [2.05, 4.69) is 9.47 Å². The van der Waals surface area contributed by atoms with Gasteiger partial charge in [0.25, 0.3) is 0 Å². The molecule has 0 bridgehead atoms. The normalized spacial score (nSPS) is 14.5. The first kappa shape index (κ1) is 25.1. The molecule has 3 rings (SSSR count). The molecular formula is C22H21O11P. The van der Waals surface area contributed by atoms with Gasteiger partial charge in [-0.15, -0.1) is 0 Å². The Kier molecular flexibility index (Phi) is 7.21. The molecule has 2 unspecified atom stereocenters. The number of methoxy groups -OCH3 is 2. The molecule has 180 valence electrons. The van der Waals surface area contributed by atoms with Crippen molar-refractivity contribution in [3.63, 3.8) is 0 Å². The van der Waals surface area contributed by atoms with Gasteiger partial charge < -0.3 is 28.4 Å². The van der Waals surface area contributed by atoms with E-state index in [0.717, 1.165) is 34.5 Å². The van der Waals surface area contributed by atoms with Gasteiger partial charge in [-0.2, -0.15) is 0 Å². The van der Waals surface area contributed by atoms with Crippen LogP contribution in [0, 0.1) is 0 Å². The van der Waals surface area contributed by atoms with Gasteiger partial charge in [-0.1, -0.05) is 24.3 Å². The molecule has 1 aliphatic rings. The summed E-state index contributed by atoms with van der Waals surface area (Å²) in [6.07, 6.45) is -1.98. The molecule has 0 saturated carbocycles. The van der Waals surface area contributed by atoms with Crippen molar-refractivity contribution in [2.24, 2.45) is 0 Å². The second kappa shape index (κ2) is 9.76. The number of phenols is 1. The quantitative estimate of drug-likeness (QED) is 0.363. The van der Waals surface area contributed by atoms with Crippen molar-refractivity contribution in [2.75, 3.05) is 28.4 Å². The standard InChI is InChI=1S/C22H21O11P/c1-29-21(26)19(20(22(27)30-2)34(28,31-3)32-4)33-14-10-9-13-15(18(14)25)17(24)12-8-6-5-7-11(12)16(13)23/h5-10,19-20,25H,1-4H3. The van der Waals surface area contributed by atoms with Crippen molar-refractivity contribution < 1.29 is 52.1 Å². The number of phenolic OH excluding ortho intramolecular Hbond substituents is 1. The first-order valence-corrected chi connectivity index (χ1v) is 11.3. The van der Waals surface area contributed by atoms with Crippen LogP contribution >= 0.6 is 7.60 Å². The molecule has 2 aromatic rings. The number of hydrogen-bond donors (Lipinski definition) is 1. The Morgan fingerprint density at radius 3 is 1.91 bits per heavy atom. The first-order valence-electron chi connectivity index (χ1n) is 9.73. The monoisotopic (exact) mass is 492 g/mol. The maximum Gasteiger partial charge on any atom is 0.348 e. The van der Waals surface area contributed by atoms with Crippen LogP contribution in [-0.4, -0.2) is 68.8 Å². The number of carbonyl (C=O) groups is 4. The van der Waals surface area contributed by atoms with Crippen LogP contribution in [0.3, 0.4) is 0 Å². The number of hydrogen-bond acceptors (Lipinski definition) is 11. The van der Waals surface area contributed by atoms with Crippen LogP contribution in [0.25, 0.3) is 0 Å². The Hall–Kier alpha value is -3.53. The maximum absolute atomic E-state index is 13.1. The molecule has 11 nitrogen and oxygen atoms in total. The molecule has 0 radical (unpaired) electrons. The van der Waals surface area contributed by atoms with Gasteiger partial charge in [0.2, 0.25) is 11.8 Å². The van der Waals surface area contributed by atoms with Crippen molar-refractivity contribution in [3.8, 4) is 11.5 Å². The summed E-state index contributed by atoms with van der Waals surface area (Å²) in [6, 6.07) is 8.44. The van der Waals surface area contributed by atoms with E-state index in [0.29, 0.717) is 0 Å². The van der Waals surface area contributed by atoms with E-state index in [1.165, 1.54) is 18.2 Å². The van der Waals surface area contributed by atoms with Gasteiger partial charge in [-0.05, 0) is 12.1 Å². The molecule has 1 aliphatic carbocycles. The van der Waals surface area contributed by atoms with E-state index in [9.17, 15) is 28.8 Å². The molecule has 0 heterocycles. The van der Waals surface area contributed by atoms with Gasteiger partial charge in [0.1, 0.15) is 0 Å². The molecule has 0 saturated heterocycles. The fourth-order valence-electron chi connectivity index (χ4n) is 3.58. The second-order valence-corrected chi connectivity index (χ2v) is 9.34. The molecule has 0 spiro atoms. The smallest absolute Gasteiger partial charge is 0.348 e. The summed E-state index contributed by atoms with van der Waals surface area (Å²) < 4.78 is 37.6. The highest BCUT2D eigenvalue weighted by Crippen LogP contribution is 2.54. The molecule has 2 atom stereocenters. The maximum atomic E-state index is 13.1. The van der Waals surface area contributed by atoms with Gasteiger partial charge in [0.05, 0.1) is 19.8 Å². The van der Waals surface area contributed by atoms with Crippen LogP contribution in [0.2, 0.25) is 0 Å². The van der Waals surface area contributed by atoms with Crippen molar-refractivity contribution in [2.45, 2.75) is 11.8 Å². The van der Waals surface area contributed by atoms with Crippen molar-refractivity contribution in [1.29, 1.82) is 0 Å². The number of rotatable bonds is 8. The molecule has 1 N–H and O–H groups in total. The summed E-state index contributed by atoms with van der Waals surface area (Å²) in [5.74, 6) is -4.71. The number of ketones is 2. The van der Waals surface area contributed by atoms with Gasteiger partial charge >= 0.3 is 19.5 Å². The van der Waals surface area contributed by atoms with Crippen molar-refractivity contribution >= 4 is 31.1 Å². The highest BCUT2D eigenvalue weighted by Gasteiger charge is 2.52. The summed E-state index contributed by atoms with van der Waals surface area (Å²) in [4.78, 5) is 50.9. The number of aromatic hydroxyl groups is 1. The third kappa shape index (κ3) is 4.09. The van der Waals surface area contributed by atoms with E-state index in [1.807, 2.05) is 0 Å². The number of ether oxygens (including phenoxy) is 3. The highest BCUT2D eigenvalue weighted by molar-refractivity contribution is 7.55. The second-order valence-electron chi connectivity index (χ2n) is 6.97. The average Bonchev–Trinajstić information content (AvgIpc) is 2.86. The average molecular weight is 492 g/mol. The van der Waals surface area contributed by atoms with Crippen LogP contribution in [0.15, 0.2) is 36.4 Å². The zero-order valence-electron chi connectivity index (χ0n) is 18.6. The molecule has 2 aromatic carbocycles. The van der Waals surface area contributed by atoms with Crippen molar-refractivity contribution in [1.82, 2.24) is 0 Å². The minimum Gasteiger partial charge on any atom is -0.504 e. The Morgan fingerprint density at radius 2 is 1.38 bits per heavy atom. The highest BCUT2D eigenvalue weighted by atomic mass is 31.2. The fourth-order valence-corrected chi connectivity index (χ4v) is 5.06. The largest absolute Gasteiger partial charge is 0.504 e. The summed E-state index contributed by atoms with van der Waals surface area (Å²) in [6.45, 7) is 0. The topological polar surface area (TPSA) is 152 Å². The molecule has 0 fully saturated rings. The van der Waals surface area contributed by atoms with Crippen LogP contribution in [0.1, 0.15) is 31.8 Å². The van der Waals surface area contributed by atoms with Crippen LogP contribution in [0.4, 0.5) is 0 Å². The lowest BCUT2D eigenvalue weighted by molar-refractivity contribution is -0.155. The van der Waals surface area contributed by atoms with E-state index in [1.54, 1.807) is 12.1 Å². The molecule has 0 aromatic heterocycles. The lowest BCUT2D eigenvalue weighted by Gasteiger charge is -2.28. The third-order valence-electron chi connectivity index (χ3n) is 5.30. The van der Waals surface area contributed by atoms with Gasteiger partial charge in [-0.25, -0.2) is 4.79 Å². The molecule has 0 amide bonds. The van der Waals surface area contributed by atoms with E-state index >= 15 is 0 Å². The van der Waals surface area contributed by atoms with Crippen LogP contribution in [0.5, 0.6) is 11.5 Å². The Bertz CT molecular complexity index is 1210. The Morgan fingerprint density at radius 1 is 0.824 bits per heavy atom. The summed E-state index contributed by atoms with van der Waals surface area (Å²) in [5.41, 5.74) is -2.12. The number of esters is 2. The number of fused-ring (bicyclic) bond motifs is 2. The third-order valence-corrected chi connectivity index (χ3v) is 7.48. The minimum atomic E-state index is -4.33. The van der Waals surface area contributed by atoms with E-state index in [4.69, 9.17) is 13.8 Å². The Balaban J connectivity index is 2.13. The van der Waals surface area contributed by atoms with Gasteiger partial charge in [-0.3, -0.25) is 18.9 Å². The predicted octanol–water partition coefficient (Wildman–Crippen LogP) is 2.12. The minimum absolute atomic E-state index is 0.0765. The number of carbonyl (C=O) groups excluding carboxylic acids is 4. The Labute approximate surface area is 194 Å². The lowest BCUT2D eigenvalue weighted by Crippen LogP contribution is -2.45. The summed E-state index contributed by atoms with van der Waals surface area (Å²) in [5, 5.41) is 10.8. The molecular weight excluding hydrogens is 471 g/mol. The zero-order chi connectivity index (χ0) is 25.2. The fraction of sp³-hybridized carbons (Fsp3) is 0.273. The van der Waals surface area contributed by atoms with Gasteiger partial charge in [0, 0.05) is 30.9 Å².